The zero-order chi connectivity index (χ0) is 23.3. The van der Waals surface area contributed by atoms with Crippen molar-refractivity contribution in [3.63, 3.8) is 0 Å². The molecule has 0 aromatic rings. The molecule has 0 spiro atoms. The summed E-state index contributed by atoms with van der Waals surface area (Å²) >= 11 is 0. The van der Waals surface area contributed by atoms with Gasteiger partial charge in [0, 0.05) is 26.2 Å². The van der Waals surface area contributed by atoms with E-state index in [1.54, 1.807) is 0 Å². The minimum Gasteiger partial charge on any atom is -0.381 e. The van der Waals surface area contributed by atoms with Crippen LogP contribution in [0.5, 0.6) is 0 Å². The van der Waals surface area contributed by atoms with E-state index in [-0.39, 0.29) is 25.6 Å². The first kappa shape index (κ1) is 27.2. The van der Waals surface area contributed by atoms with Crippen LogP contribution < -0.4 is 0 Å². The fourth-order valence-corrected chi connectivity index (χ4v) is 2.84. The van der Waals surface area contributed by atoms with Crippen molar-refractivity contribution in [3.8, 4) is 0 Å². The van der Waals surface area contributed by atoms with Crippen molar-refractivity contribution >= 4 is 0 Å². The van der Waals surface area contributed by atoms with Gasteiger partial charge >= 0.3 is 29.9 Å². The summed E-state index contributed by atoms with van der Waals surface area (Å²) in [7, 11) is 0. The Morgan fingerprint density at radius 1 is 0.700 bits per heavy atom. The number of rotatable bonds is 12. The minimum absolute atomic E-state index is 0.0520. The first-order valence-corrected chi connectivity index (χ1v) is 9.35. The molecule has 1 saturated heterocycles. The van der Waals surface area contributed by atoms with Gasteiger partial charge in [-0.25, -0.2) is 0 Å². The topological polar surface area (TPSA) is 18.5 Å². The van der Waals surface area contributed by atoms with E-state index in [0.29, 0.717) is 19.6 Å². The van der Waals surface area contributed by atoms with Gasteiger partial charge in [0.15, 0.2) is 0 Å². The van der Waals surface area contributed by atoms with E-state index in [0.717, 1.165) is 19.3 Å². The maximum absolute atomic E-state index is 13.5. The number of hydrogen-bond donors (Lipinski definition) is 0. The molecular formula is C17H23F11O2. The molecule has 180 valence electrons. The Bertz CT molecular complexity index is 514. The summed E-state index contributed by atoms with van der Waals surface area (Å²) in [5.74, 6) is -27.3. The number of unbranched alkanes of at least 4 members (excludes halogenated alkanes) is 2. The van der Waals surface area contributed by atoms with E-state index in [9.17, 15) is 48.3 Å². The molecule has 1 atom stereocenters. The largest absolute Gasteiger partial charge is 0.460 e. The molecule has 0 aromatic heterocycles. The predicted octanol–water partition coefficient (Wildman–Crippen LogP) is 6.63. The molecule has 1 aliphatic heterocycles. The van der Waals surface area contributed by atoms with Crippen molar-refractivity contribution < 1.29 is 57.8 Å². The first-order chi connectivity index (χ1) is 13.6. The van der Waals surface area contributed by atoms with E-state index in [1.165, 1.54) is 0 Å². The summed E-state index contributed by atoms with van der Waals surface area (Å²) in [6.07, 6.45) is -6.50. The molecule has 0 aromatic carbocycles. The van der Waals surface area contributed by atoms with Crippen molar-refractivity contribution in [2.75, 3.05) is 19.8 Å². The SMILES string of the molecule is FC(F)(F)C(F)(F)C(F)(F)C(F)(F)C(F)(F)CCCCCOCCC1CCCCO1. The van der Waals surface area contributed by atoms with Gasteiger partial charge in [-0.2, -0.15) is 48.3 Å². The summed E-state index contributed by atoms with van der Waals surface area (Å²) in [6, 6.07) is 0. The highest BCUT2D eigenvalue weighted by Crippen LogP contribution is 2.58. The van der Waals surface area contributed by atoms with Gasteiger partial charge in [-0.15, -0.1) is 0 Å². The summed E-state index contributed by atoms with van der Waals surface area (Å²) in [4.78, 5) is 0. The Kier molecular flexibility index (Phi) is 9.22. The average molecular weight is 468 g/mol. The molecular weight excluding hydrogens is 445 g/mol. The molecule has 1 fully saturated rings. The van der Waals surface area contributed by atoms with Crippen molar-refractivity contribution in [2.24, 2.45) is 0 Å². The molecule has 0 N–H and O–H groups in total. The van der Waals surface area contributed by atoms with Gasteiger partial charge < -0.3 is 9.47 Å². The monoisotopic (exact) mass is 468 g/mol. The Morgan fingerprint density at radius 3 is 1.87 bits per heavy atom. The molecule has 1 heterocycles. The van der Waals surface area contributed by atoms with Gasteiger partial charge in [-0.3, -0.25) is 0 Å². The fraction of sp³-hybridized carbons (Fsp3) is 1.00. The third-order valence-electron chi connectivity index (χ3n) is 4.74. The Hall–Kier alpha value is -0.850. The minimum atomic E-state index is -7.33. The lowest BCUT2D eigenvalue weighted by atomic mass is 9.94. The second kappa shape index (κ2) is 10.2. The molecule has 1 rings (SSSR count). The zero-order valence-electron chi connectivity index (χ0n) is 15.8. The lowest BCUT2D eigenvalue weighted by Crippen LogP contribution is -2.66. The van der Waals surface area contributed by atoms with E-state index in [2.05, 4.69) is 0 Å². The smallest absolute Gasteiger partial charge is 0.381 e. The zero-order valence-corrected chi connectivity index (χ0v) is 15.8. The quantitative estimate of drug-likeness (QED) is 0.237. The standard InChI is InChI=1S/C17H23F11O2/c18-13(19,14(20,21)15(22,23)16(24,25)17(26,27)28)8-3-1-4-9-29-11-7-12-6-2-5-10-30-12/h12H,1-11H2. The Labute approximate surface area is 166 Å². The van der Waals surface area contributed by atoms with E-state index in [1.807, 2.05) is 0 Å². The van der Waals surface area contributed by atoms with Crippen LogP contribution in [0.1, 0.15) is 51.4 Å². The van der Waals surface area contributed by atoms with Crippen LogP contribution in [0.25, 0.3) is 0 Å². The lowest BCUT2D eigenvalue weighted by Gasteiger charge is -2.37. The molecule has 1 unspecified atom stereocenters. The van der Waals surface area contributed by atoms with Crippen LogP contribution in [0.4, 0.5) is 48.3 Å². The molecule has 0 radical (unpaired) electrons. The molecule has 2 nitrogen and oxygen atoms in total. The van der Waals surface area contributed by atoms with Gasteiger partial charge in [0.05, 0.1) is 6.10 Å². The Morgan fingerprint density at radius 2 is 1.33 bits per heavy atom. The predicted molar refractivity (Wildman–Crippen MR) is 83.3 cm³/mol. The molecule has 13 heteroatoms. The highest BCUT2D eigenvalue weighted by Gasteiger charge is 2.86. The van der Waals surface area contributed by atoms with Crippen LogP contribution in [0, 0.1) is 0 Å². The van der Waals surface area contributed by atoms with E-state index in [4.69, 9.17) is 9.47 Å². The summed E-state index contributed by atoms with van der Waals surface area (Å²) < 4.78 is 152. The summed E-state index contributed by atoms with van der Waals surface area (Å²) in [5.41, 5.74) is 0. The van der Waals surface area contributed by atoms with Crippen LogP contribution in [0.3, 0.4) is 0 Å². The van der Waals surface area contributed by atoms with Crippen LogP contribution in [-0.4, -0.2) is 55.8 Å². The second-order valence-electron chi connectivity index (χ2n) is 7.13. The number of alkyl halides is 11. The summed E-state index contributed by atoms with van der Waals surface area (Å²) in [5, 5.41) is 0. The van der Waals surface area contributed by atoms with Crippen LogP contribution in [-0.2, 0) is 9.47 Å². The second-order valence-corrected chi connectivity index (χ2v) is 7.13. The van der Waals surface area contributed by atoms with Crippen LogP contribution >= 0.6 is 0 Å². The number of hydrogen-bond acceptors (Lipinski definition) is 2. The number of ether oxygens (including phenoxy) is 2. The molecule has 0 amide bonds. The first-order valence-electron chi connectivity index (χ1n) is 9.35. The number of halogens is 11. The third kappa shape index (κ3) is 6.10. The molecule has 0 aliphatic carbocycles. The van der Waals surface area contributed by atoms with Gasteiger partial charge in [-0.05, 0) is 38.5 Å². The molecule has 0 saturated carbocycles. The van der Waals surface area contributed by atoms with Crippen molar-refractivity contribution in [1.29, 1.82) is 0 Å². The molecule has 30 heavy (non-hydrogen) atoms. The fourth-order valence-electron chi connectivity index (χ4n) is 2.84. The van der Waals surface area contributed by atoms with Crippen molar-refractivity contribution in [3.05, 3.63) is 0 Å². The maximum Gasteiger partial charge on any atom is 0.460 e. The lowest BCUT2D eigenvalue weighted by molar-refractivity contribution is -0.422. The highest BCUT2D eigenvalue weighted by atomic mass is 19.4. The van der Waals surface area contributed by atoms with Crippen LogP contribution in [0.15, 0.2) is 0 Å². The maximum atomic E-state index is 13.5. The van der Waals surface area contributed by atoms with Crippen molar-refractivity contribution in [2.45, 2.75) is 87.3 Å². The normalized spacial score (nSPS) is 19.9. The third-order valence-corrected chi connectivity index (χ3v) is 4.74. The summed E-state index contributed by atoms with van der Waals surface area (Å²) in [6.45, 7) is 1.01. The van der Waals surface area contributed by atoms with E-state index >= 15 is 0 Å². The Balaban J connectivity index is 2.42. The molecule has 0 bridgehead atoms. The van der Waals surface area contributed by atoms with Gasteiger partial charge in [-0.1, -0.05) is 6.42 Å². The molecule has 1 aliphatic rings. The van der Waals surface area contributed by atoms with Crippen molar-refractivity contribution in [1.82, 2.24) is 0 Å². The van der Waals surface area contributed by atoms with Crippen LogP contribution in [0.2, 0.25) is 0 Å². The van der Waals surface area contributed by atoms with E-state index < -0.39 is 42.7 Å². The van der Waals surface area contributed by atoms with Gasteiger partial charge in [0.2, 0.25) is 0 Å². The average Bonchev–Trinajstić information content (AvgIpc) is 2.63. The van der Waals surface area contributed by atoms with Gasteiger partial charge in [0.1, 0.15) is 0 Å². The van der Waals surface area contributed by atoms with Gasteiger partial charge in [0.25, 0.3) is 0 Å². The highest BCUT2D eigenvalue weighted by molar-refractivity contribution is 5.06.